The lowest BCUT2D eigenvalue weighted by atomic mass is 9.78. The number of furan rings is 1. The SMILES string of the molecule is CC1(C)c2ccccc2-c2c(C(Cc3cccc4c3ccc3ccccc34)c3cccc4oc5ccccc5c34)cccc21. The van der Waals surface area contributed by atoms with Gasteiger partial charge in [0.05, 0.1) is 0 Å². The van der Waals surface area contributed by atoms with Crippen molar-refractivity contribution in [3.63, 3.8) is 0 Å². The summed E-state index contributed by atoms with van der Waals surface area (Å²) in [6.07, 6.45) is 0.882. The number of hydrogen-bond acceptors (Lipinski definition) is 1. The van der Waals surface area contributed by atoms with Crippen molar-refractivity contribution in [1.82, 2.24) is 0 Å². The van der Waals surface area contributed by atoms with Gasteiger partial charge in [0.1, 0.15) is 11.2 Å². The van der Waals surface area contributed by atoms with Gasteiger partial charge in [0.25, 0.3) is 0 Å². The Morgan fingerprint density at radius 2 is 1.20 bits per heavy atom. The fourth-order valence-electron chi connectivity index (χ4n) is 8.06. The van der Waals surface area contributed by atoms with Crippen molar-refractivity contribution in [2.24, 2.45) is 0 Å². The van der Waals surface area contributed by atoms with Crippen LogP contribution in [0.25, 0.3) is 54.6 Å². The molecular weight excluding hydrogens is 532 g/mol. The van der Waals surface area contributed by atoms with Crippen LogP contribution in [0.1, 0.15) is 47.6 Å². The third-order valence-corrected chi connectivity index (χ3v) is 10.1. The normalized spacial score (nSPS) is 14.3. The van der Waals surface area contributed by atoms with E-state index in [4.69, 9.17) is 4.42 Å². The highest BCUT2D eigenvalue weighted by Gasteiger charge is 2.38. The number of fused-ring (bicyclic) bond motifs is 9. The molecule has 8 aromatic rings. The molecule has 210 valence electrons. The highest BCUT2D eigenvalue weighted by Crippen LogP contribution is 2.53. The fourth-order valence-corrected chi connectivity index (χ4v) is 8.06. The van der Waals surface area contributed by atoms with Crippen LogP contribution in [-0.2, 0) is 11.8 Å². The lowest BCUT2D eigenvalue weighted by molar-refractivity contribution is 0.659. The van der Waals surface area contributed by atoms with Gasteiger partial charge in [0.15, 0.2) is 0 Å². The van der Waals surface area contributed by atoms with Crippen LogP contribution in [0.15, 0.2) is 144 Å². The molecule has 1 heteroatoms. The maximum Gasteiger partial charge on any atom is 0.135 e. The molecule has 1 heterocycles. The van der Waals surface area contributed by atoms with E-state index in [0.717, 1.165) is 17.6 Å². The first-order valence-electron chi connectivity index (χ1n) is 15.6. The Hall–Kier alpha value is -5.14. The van der Waals surface area contributed by atoms with Gasteiger partial charge in [-0.2, -0.15) is 0 Å². The minimum absolute atomic E-state index is 0.0564. The quantitative estimate of drug-likeness (QED) is 0.194. The highest BCUT2D eigenvalue weighted by atomic mass is 16.3. The molecule has 0 saturated heterocycles. The van der Waals surface area contributed by atoms with Gasteiger partial charge in [-0.05, 0) is 79.0 Å². The molecule has 1 atom stereocenters. The molecule has 1 aliphatic carbocycles. The molecule has 1 nitrogen and oxygen atoms in total. The van der Waals surface area contributed by atoms with E-state index in [9.17, 15) is 0 Å². The van der Waals surface area contributed by atoms with Gasteiger partial charge in [-0.3, -0.25) is 0 Å². The van der Waals surface area contributed by atoms with Gasteiger partial charge in [-0.15, -0.1) is 0 Å². The number of benzene rings is 7. The molecule has 1 aliphatic rings. The maximum atomic E-state index is 6.43. The maximum absolute atomic E-state index is 6.43. The largest absolute Gasteiger partial charge is 0.456 e. The summed E-state index contributed by atoms with van der Waals surface area (Å²) < 4.78 is 6.43. The van der Waals surface area contributed by atoms with Gasteiger partial charge < -0.3 is 4.42 Å². The van der Waals surface area contributed by atoms with Crippen LogP contribution >= 0.6 is 0 Å². The summed E-state index contributed by atoms with van der Waals surface area (Å²) in [6.45, 7) is 4.74. The minimum atomic E-state index is -0.0564. The molecule has 7 aromatic carbocycles. The molecule has 0 amide bonds. The number of para-hydroxylation sites is 1. The molecule has 0 fully saturated rings. The molecule has 0 spiro atoms. The Labute approximate surface area is 257 Å². The Balaban J connectivity index is 1.34. The first-order chi connectivity index (χ1) is 21.6. The summed E-state index contributed by atoms with van der Waals surface area (Å²) in [5, 5.41) is 7.64. The molecule has 1 aromatic heterocycles. The molecule has 1 unspecified atom stereocenters. The average Bonchev–Trinajstić information content (AvgIpc) is 3.56. The second kappa shape index (κ2) is 9.43. The zero-order chi connectivity index (χ0) is 29.4. The number of hydrogen-bond donors (Lipinski definition) is 0. The standard InChI is InChI=1S/C43H32O/c1-43(2)37-20-7-5-15-34(37)41-32(18-10-21-38(41)43)36(33-19-11-23-40-42(33)35-16-6-8-22-39(35)44-40)26-28-13-9-17-31-29-14-4-3-12-27(29)24-25-30(28)31/h3-25,36H,26H2,1-2H3. The minimum Gasteiger partial charge on any atom is -0.456 e. The van der Waals surface area contributed by atoms with Crippen LogP contribution in [0.5, 0.6) is 0 Å². The Morgan fingerprint density at radius 3 is 2.14 bits per heavy atom. The second-order valence-corrected chi connectivity index (χ2v) is 12.8. The molecule has 0 N–H and O–H groups in total. The van der Waals surface area contributed by atoms with Crippen LogP contribution in [0.4, 0.5) is 0 Å². The van der Waals surface area contributed by atoms with Gasteiger partial charge in [0, 0.05) is 22.1 Å². The van der Waals surface area contributed by atoms with Crippen molar-refractivity contribution in [3.05, 3.63) is 167 Å². The van der Waals surface area contributed by atoms with Crippen LogP contribution in [0.3, 0.4) is 0 Å². The molecule has 0 saturated carbocycles. The Bertz CT molecular complexity index is 2400. The zero-order valence-electron chi connectivity index (χ0n) is 25.0. The first kappa shape index (κ1) is 25.4. The topological polar surface area (TPSA) is 13.1 Å². The van der Waals surface area contributed by atoms with Gasteiger partial charge in [0.2, 0.25) is 0 Å². The van der Waals surface area contributed by atoms with Crippen LogP contribution in [-0.4, -0.2) is 0 Å². The molecule has 0 aliphatic heterocycles. The fraction of sp³-hybridized carbons (Fsp3) is 0.116. The van der Waals surface area contributed by atoms with E-state index in [0.29, 0.717) is 0 Å². The number of rotatable bonds is 4. The van der Waals surface area contributed by atoms with E-state index in [-0.39, 0.29) is 11.3 Å². The Kier molecular flexibility index (Phi) is 5.44. The average molecular weight is 565 g/mol. The highest BCUT2D eigenvalue weighted by molar-refractivity contribution is 6.09. The molecule has 0 bridgehead atoms. The van der Waals surface area contributed by atoms with Crippen molar-refractivity contribution in [3.8, 4) is 11.1 Å². The van der Waals surface area contributed by atoms with Crippen molar-refractivity contribution in [1.29, 1.82) is 0 Å². The van der Waals surface area contributed by atoms with Crippen LogP contribution in [0.2, 0.25) is 0 Å². The first-order valence-corrected chi connectivity index (χ1v) is 15.6. The van der Waals surface area contributed by atoms with Crippen molar-refractivity contribution in [2.45, 2.75) is 31.6 Å². The second-order valence-electron chi connectivity index (χ2n) is 12.8. The summed E-state index contributed by atoms with van der Waals surface area (Å²) in [4.78, 5) is 0. The summed E-state index contributed by atoms with van der Waals surface area (Å²) in [6, 6.07) is 51.3. The summed E-state index contributed by atoms with van der Waals surface area (Å²) in [5.74, 6) is 0.119. The molecule has 0 radical (unpaired) electrons. The zero-order valence-corrected chi connectivity index (χ0v) is 25.0. The van der Waals surface area contributed by atoms with Gasteiger partial charge >= 0.3 is 0 Å². The Morgan fingerprint density at radius 1 is 0.523 bits per heavy atom. The smallest absolute Gasteiger partial charge is 0.135 e. The van der Waals surface area contributed by atoms with Crippen LogP contribution < -0.4 is 0 Å². The lowest BCUT2D eigenvalue weighted by Gasteiger charge is -2.25. The van der Waals surface area contributed by atoms with Crippen molar-refractivity contribution in [2.75, 3.05) is 0 Å². The van der Waals surface area contributed by atoms with E-state index in [1.165, 1.54) is 71.3 Å². The van der Waals surface area contributed by atoms with Crippen molar-refractivity contribution >= 4 is 43.5 Å². The third-order valence-electron chi connectivity index (χ3n) is 10.1. The van der Waals surface area contributed by atoms with Gasteiger partial charge in [-0.25, -0.2) is 0 Å². The molecule has 9 rings (SSSR count). The monoisotopic (exact) mass is 564 g/mol. The van der Waals surface area contributed by atoms with E-state index >= 15 is 0 Å². The summed E-state index contributed by atoms with van der Waals surface area (Å²) in [5.41, 5.74) is 11.5. The predicted octanol–water partition coefficient (Wildman–Crippen LogP) is 11.6. The predicted molar refractivity (Wildman–Crippen MR) is 185 cm³/mol. The van der Waals surface area contributed by atoms with E-state index in [2.05, 4.69) is 153 Å². The van der Waals surface area contributed by atoms with Crippen LogP contribution in [0, 0.1) is 0 Å². The summed E-state index contributed by atoms with van der Waals surface area (Å²) in [7, 11) is 0. The van der Waals surface area contributed by atoms with E-state index < -0.39 is 0 Å². The van der Waals surface area contributed by atoms with Gasteiger partial charge in [-0.1, -0.05) is 141 Å². The van der Waals surface area contributed by atoms with E-state index in [1.807, 2.05) is 0 Å². The van der Waals surface area contributed by atoms with E-state index in [1.54, 1.807) is 0 Å². The summed E-state index contributed by atoms with van der Waals surface area (Å²) >= 11 is 0. The van der Waals surface area contributed by atoms with Crippen molar-refractivity contribution < 1.29 is 4.42 Å². The lowest BCUT2D eigenvalue weighted by Crippen LogP contribution is -2.15. The molecule has 44 heavy (non-hydrogen) atoms. The third kappa shape index (κ3) is 3.59. The molecular formula is C43H32O.